The van der Waals surface area contributed by atoms with Crippen LogP contribution in [-0.4, -0.2) is 22.0 Å². The Morgan fingerprint density at radius 2 is 1.94 bits per heavy atom. The molecule has 9 heteroatoms. The summed E-state index contributed by atoms with van der Waals surface area (Å²) < 4.78 is 35.7. The monoisotopic (exact) mass is 449 g/mol. The molecule has 1 aromatic carbocycles. The fourth-order valence-corrected chi connectivity index (χ4v) is 4.10. The van der Waals surface area contributed by atoms with Gasteiger partial charge in [-0.2, -0.15) is 5.26 Å². The van der Waals surface area contributed by atoms with Crippen molar-refractivity contribution in [3.8, 4) is 28.8 Å². The Bertz CT molecular complexity index is 1400. The van der Waals surface area contributed by atoms with Crippen molar-refractivity contribution in [3.05, 3.63) is 75.3 Å². The van der Waals surface area contributed by atoms with Gasteiger partial charge >= 0.3 is 6.29 Å². The van der Waals surface area contributed by atoms with E-state index >= 15 is 0 Å². The number of hydrogen-bond donors (Lipinski definition) is 1. The summed E-state index contributed by atoms with van der Waals surface area (Å²) in [5, 5.41) is 9.13. The number of alkyl halides is 2. The van der Waals surface area contributed by atoms with E-state index in [1.807, 2.05) is 19.1 Å². The van der Waals surface area contributed by atoms with Gasteiger partial charge in [-0.3, -0.25) is 14.6 Å². The molecule has 0 radical (unpaired) electrons. The van der Waals surface area contributed by atoms with Crippen LogP contribution < -0.4 is 15.0 Å². The number of H-pyrrole nitrogens is 1. The summed E-state index contributed by atoms with van der Waals surface area (Å²) in [6.07, 6.45) is -0.976. The molecule has 2 aliphatic rings. The second kappa shape index (κ2) is 7.24. The van der Waals surface area contributed by atoms with Crippen molar-refractivity contribution in [2.45, 2.75) is 37.9 Å². The van der Waals surface area contributed by atoms with Gasteiger partial charge in [0, 0.05) is 23.9 Å². The third kappa shape index (κ3) is 3.63. The van der Waals surface area contributed by atoms with Crippen LogP contribution in [0.15, 0.2) is 47.4 Å². The predicted octanol–water partition coefficient (Wildman–Crippen LogP) is 3.78. The van der Waals surface area contributed by atoms with Crippen LogP contribution in [0.1, 0.15) is 35.2 Å². The van der Waals surface area contributed by atoms with Gasteiger partial charge in [0.25, 0.3) is 5.56 Å². The minimum atomic E-state index is -3.71. The fraction of sp³-hybridized carbons (Fsp3) is 0.250. The van der Waals surface area contributed by atoms with Crippen molar-refractivity contribution in [1.29, 1.82) is 5.26 Å². The SMILES string of the molecule is Cc1ccc(CC(=O)C2(c3ccc4c(c3)OC(F)(F)O4)CC2)nc1-c1c[nH]c(=O)c(C#N)c1. The Labute approximate surface area is 186 Å². The van der Waals surface area contributed by atoms with Gasteiger partial charge in [0.15, 0.2) is 11.5 Å². The largest absolute Gasteiger partial charge is 0.586 e. The lowest BCUT2D eigenvalue weighted by atomic mass is 9.88. The van der Waals surface area contributed by atoms with Gasteiger partial charge in [0.1, 0.15) is 17.4 Å². The lowest BCUT2D eigenvalue weighted by Crippen LogP contribution is -2.26. The smallest absolute Gasteiger partial charge is 0.395 e. The molecule has 0 amide bonds. The van der Waals surface area contributed by atoms with Gasteiger partial charge in [0.05, 0.1) is 11.1 Å². The molecule has 1 N–H and O–H groups in total. The van der Waals surface area contributed by atoms with Crippen LogP contribution in [0.3, 0.4) is 0 Å². The van der Waals surface area contributed by atoms with E-state index in [1.165, 1.54) is 24.4 Å². The quantitative estimate of drug-likeness (QED) is 0.636. The first-order chi connectivity index (χ1) is 15.7. The van der Waals surface area contributed by atoms with Crippen LogP contribution >= 0.6 is 0 Å². The number of nitrogens with zero attached hydrogens (tertiary/aromatic N) is 2. The number of aryl methyl sites for hydroxylation is 1. The number of halogens is 2. The number of benzene rings is 1. The van der Waals surface area contributed by atoms with E-state index in [2.05, 4.69) is 19.4 Å². The number of aromatic amines is 1. The number of nitrogens with one attached hydrogen (secondary N) is 1. The maximum Gasteiger partial charge on any atom is 0.586 e. The lowest BCUT2D eigenvalue weighted by Gasteiger charge is -2.15. The molecule has 0 saturated heterocycles. The first kappa shape index (κ1) is 20.8. The van der Waals surface area contributed by atoms with Gasteiger partial charge in [-0.05, 0) is 55.2 Å². The molecule has 1 aliphatic carbocycles. The normalized spacial score (nSPS) is 16.8. The number of Topliss-reactive ketones (excluding diaryl/α,β-unsaturated/α-hetero) is 1. The Hall–Kier alpha value is -4.06. The molecule has 1 aliphatic heterocycles. The van der Waals surface area contributed by atoms with E-state index in [-0.39, 0.29) is 29.3 Å². The molecule has 7 nitrogen and oxygen atoms in total. The van der Waals surface area contributed by atoms with Crippen molar-refractivity contribution >= 4 is 5.78 Å². The molecule has 166 valence electrons. The van der Waals surface area contributed by atoms with Gasteiger partial charge in [-0.15, -0.1) is 8.78 Å². The summed E-state index contributed by atoms with van der Waals surface area (Å²) in [5.41, 5.74) is 1.81. The lowest BCUT2D eigenvalue weighted by molar-refractivity contribution is -0.286. The molecule has 0 atom stereocenters. The first-order valence-corrected chi connectivity index (χ1v) is 10.2. The molecule has 0 bridgehead atoms. The number of ketones is 1. The Kier molecular flexibility index (Phi) is 4.57. The van der Waals surface area contributed by atoms with E-state index in [1.54, 1.807) is 12.1 Å². The number of carbonyl (C=O) groups is 1. The summed E-state index contributed by atoms with van der Waals surface area (Å²) in [6, 6.07) is 11.3. The number of ether oxygens (including phenoxy) is 2. The molecule has 2 aromatic heterocycles. The van der Waals surface area contributed by atoms with Gasteiger partial charge in [0.2, 0.25) is 0 Å². The predicted molar refractivity (Wildman–Crippen MR) is 112 cm³/mol. The maximum absolute atomic E-state index is 13.4. The molecule has 3 aromatic rings. The highest BCUT2D eigenvalue weighted by Gasteiger charge is 2.52. The maximum atomic E-state index is 13.4. The summed E-state index contributed by atoms with van der Waals surface area (Å²) >= 11 is 0. The van der Waals surface area contributed by atoms with E-state index in [0.717, 1.165) is 5.56 Å². The fourth-order valence-electron chi connectivity index (χ4n) is 4.10. The third-order valence-corrected chi connectivity index (χ3v) is 6.03. The van der Waals surface area contributed by atoms with E-state index in [9.17, 15) is 18.4 Å². The second-order valence-corrected chi connectivity index (χ2v) is 8.22. The zero-order valence-corrected chi connectivity index (χ0v) is 17.4. The van der Waals surface area contributed by atoms with E-state index in [0.29, 0.717) is 35.4 Å². The van der Waals surface area contributed by atoms with Crippen molar-refractivity contribution in [3.63, 3.8) is 0 Å². The number of carbonyl (C=O) groups excluding carboxylic acids is 1. The number of nitriles is 1. The molecular weight excluding hydrogens is 432 g/mol. The molecule has 0 unspecified atom stereocenters. The minimum absolute atomic E-state index is 0.0273. The Morgan fingerprint density at radius 1 is 1.18 bits per heavy atom. The van der Waals surface area contributed by atoms with Crippen molar-refractivity contribution in [2.24, 2.45) is 0 Å². The van der Waals surface area contributed by atoms with Crippen molar-refractivity contribution < 1.29 is 23.0 Å². The zero-order valence-electron chi connectivity index (χ0n) is 17.4. The van der Waals surface area contributed by atoms with Gasteiger partial charge < -0.3 is 14.5 Å². The Balaban J connectivity index is 1.42. The van der Waals surface area contributed by atoms with Crippen molar-refractivity contribution in [1.82, 2.24) is 9.97 Å². The number of hydrogen-bond acceptors (Lipinski definition) is 6. The Morgan fingerprint density at radius 3 is 2.67 bits per heavy atom. The molecule has 0 spiro atoms. The number of aromatic nitrogens is 2. The number of pyridine rings is 2. The molecular formula is C24H17F2N3O4. The van der Waals surface area contributed by atoms with E-state index < -0.39 is 17.3 Å². The van der Waals surface area contributed by atoms with Crippen LogP contribution in [0.5, 0.6) is 11.5 Å². The summed E-state index contributed by atoms with van der Waals surface area (Å²) in [5.74, 6) is -0.220. The van der Waals surface area contributed by atoms with E-state index in [4.69, 9.17) is 5.26 Å². The second-order valence-electron chi connectivity index (χ2n) is 8.22. The van der Waals surface area contributed by atoms with Gasteiger partial charge in [-0.25, -0.2) is 0 Å². The molecule has 33 heavy (non-hydrogen) atoms. The molecule has 1 saturated carbocycles. The van der Waals surface area contributed by atoms with Crippen LogP contribution in [0.2, 0.25) is 0 Å². The highest BCUT2D eigenvalue weighted by atomic mass is 19.3. The van der Waals surface area contributed by atoms with Crippen LogP contribution in [-0.2, 0) is 16.6 Å². The topological polar surface area (TPSA) is 105 Å². The number of fused-ring (bicyclic) bond motifs is 1. The van der Waals surface area contributed by atoms with Crippen LogP contribution in [0.25, 0.3) is 11.3 Å². The highest BCUT2D eigenvalue weighted by molar-refractivity contribution is 5.94. The first-order valence-electron chi connectivity index (χ1n) is 10.2. The summed E-state index contributed by atoms with van der Waals surface area (Å²) in [4.78, 5) is 32.1. The average molecular weight is 449 g/mol. The molecule has 1 fully saturated rings. The molecule has 5 rings (SSSR count). The zero-order chi connectivity index (χ0) is 23.4. The van der Waals surface area contributed by atoms with Gasteiger partial charge in [-0.1, -0.05) is 12.1 Å². The minimum Gasteiger partial charge on any atom is -0.395 e. The number of rotatable bonds is 5. The summed E-state index contributed by atoms with van der Waals surface area (Å²) in [6.45, 7) is 1.84. The third-order valence-electron chi connectivity index (χ3n) is 6.03. The highest BCUT2D eigenvalue weighted by Crippen LogP contribution is 2.52. The standard InChI is InChI=1S/C24H17F2N3O4/c1-13-2-4-17(29-21(13)15-8-14(11-27)22(31)28-12-15)10-20(30)23(6-7-23)16-3-5-18-19(9-16)33-24(25,26)32-18/h2-5,8-9,12H,6-7,10H2,1H3,(H,28,31). The van der Waals surface area contributed by atoms with Crippen LogP contribution in [0.4, 0.5) is 8.78 Å². The molecule has 3 heterocycles. The average Bonchev–Trinajstić information content (AvgIpc) is 3.52. The van der Waals surface area contributed by atoms with Crippen LogP contribution in [0, 0.1) is 18.3 Å². The summed E-state index contributed by atoms with van der Waals surface area (Å²) in [7, 11) is 0. The van der Waals surface area contributed by atoms with Crippen molar-refractivity contribution in [2.75, 3.05) is 0 Å².